The fourth-order valence-electron chi connectivity index (χ4n) is 1.64. The highest BCUT2D eigenvalue weighted by molar-refractivity contribution is 14.1. The molecule has 1 aromatic carbocycles. The molecule has 0 aliphatic rings. The van der Waals surface area contributed by atoms with E-state index in [0.717, 1.165) is 0 Å². The molecule has 0 N–H and O–H groups in total. The fraction of sp³-hybridized carbons (Fsp3) is 0.455. The van der Waals surface area contributed by atoms with Crippen molar-refractivity contribution in [3.05, 3.63) is 28.8 Å². The van der Waals surface area contributed by atoms with E-state index < -0.39 is 0 Å². The third-order valence-corrected chi connectivity index (χ3v) is 4.36. The van der Waals surface area contributed by atoms with Crippen molar-refractivity contribution in [1.82, 2.24) is 0 Å². The molecule has 1 rings (SSSR count). The van der Waals surface area contributed by atoms with E-state index in [1.807, 2.05) is 0 Å². The number of hydrogen-bond acceptors (Lipinski definition) is 0. The fourth-order valence-corrected chi connectivity index (χ4v) is 2.81. The Labute approximate surface area is 97.7 Å². The number of hydrogen-bond donors (Lipinski definition) is 0. The van der Waals surface area contributed by atoms with Crippen LogP contribution in [0.5, 0.6) is 0 Å². The summed E-state index contributed by atoms with van der Waals surface area (Å²) in [5.41, 5.74) is 4.60. The molecule has 0 aliphatic carbocycles. The van der Waals surface area contributed by atoms with Gasteiger partial charge in [0.15, 0.2) is 0 Å². The zero-order chi connectivity index (χ0) is 9.84. The first-order chi connectivity index (χ1) is 6.16. The Morgan fingerprint density at radius 2 is 2.00 bits per heavy atom. The molecule has 0 atom stereocenters. The van der Waals surface area contributed by atoms with Gasteiger partial charge in [-0.25, -0.2) is 0 Å². The van der Waals surface area contributed by atoms with E-state index in [-0.39, 0.29) is 0 Å². The Bertz CT molecular complexity index is 294. The van der Waals surface area contributed by atoms with Gasteiger partial charge in [0.1, 0.15) is 0 Å². The van der Waals surface area contributed by atoms with Crippen LogP contribution in [0.25, 0.3) is 0 Å². The predicted octanol–water partition coefficient (Wildman–Crippen LogP) is 1.66. The second kappa shape index (κ2) is 5.15. The average Bonchev–Trinajstić information content (AvgIpc) is 2.12. The van der Waals surface area contributed by atoms with Gasteiger partial charge in [0.2, 0.25) is 0 Å². The lowest BCUT2D eigenvalue weighted by Crippen LogP contribution is -2.13. The average molecular weight is 304 g/mol. The van der Waals surface area contributed by atoms with E-state index in [9.17, 15) is 0 Å². The lowest BCUT2D eigenvalue weighted by atomic mass is 10.00. The topological polar surface area (TPSA) is 0 Å². The van der Waals surface area contributed by atoms with Crippen molar-refractivity contribution in [3.8, 4) is 0 Å². The van der Waals surface area contributed by atoms with Crippen molar-refractivity contribution in [3.63, 3.8) is 0 Å². The van der Waals surface area contributed by atoms with Gasteiger partial charge in [-0.2, -0.15) is 0 Å². The highest BCUT2D eigenvalue weighted by Crippen LogP contribution is 2.12. The van der Waals surface area contributed by atoms with Gasteiger partial charge in [-0.1, -0.05) is 39.9 Å². The monoisotopic (exact) mass is 304 g/mol. The van der Waals surface area contributed by atoms with E-state index in [2.05, 4.69) is 48.6 Å². The predicted molar refractivity (Wildman–Crippen MR) is 72.7 cm³/mol. The maximum absolute atomic E-state index is 2.46. The summed E-state index contributed by atoms with van der Waals surface area (Å²) < 4.78 is 1.27. The standard InChI is InChI=1S/C11H17ISi/c1-8-5-6-11(13)10(9(8)2)4-3-7-12/h5-6H,3-4,7H2,1-2,13H3. The van der Waals surface area contributed by atoms with Gasteiger partial charge in [-0.3, -0.25) is 0 Å². The largest absolute Gasteiger partial charge is 0.0864 e. The summed E-state index contributed by atoms with van der Waals surface area (Å²) in [5.74, 6) is 0. The second-order valence-electron chi connectivity index (χ2n) is 3.60. The highest BCUT2D eigenvalue weighted by Gasteiger charge is 2.03. The molecule has 0 nitrogen and oxygen atoms in total. The molecule has 0 bridgehead atoms. The normalized spacial score (nSPS) is 10.7. The molecule has 1 aromatic rings. The van der Waals surface area contributed by atoms with E-state index in [1.54, 1.807) is 10.8 Å². The van der Waals surface area contributed by atoms with Crippen molar-refractivity contribution in [2.45, 2.75) is 26.7 Å². The number of benzene rings is 1. The van der Waals surface area contributed by atoms with Gasteiger partial charge in [0.05, 0.1) is 0 Å². The Morgan fingerprint density at radius 3 is 2.62 bits per heavy atom. The Morgan fingerprint density at radius 1 is 1.31 bits per heavy atom. The Hall–Kier alpha value is 0.167. The van der Waals surface area contributed by atoms with Crippen molar-refractivity contribution in [2.24, 2.45) is 0 Å². The van der Waals surface area contributed by atoms with Gasteiger partial charge < -0.3 is 0 Å². The first kappa shape index (κ1) is 11.2. The Kier molecular flexibility index (Phi) is 4.45. The van der Waals surface area contributed by atoms with Crippen LogP contribution in [0.4, 0.5) is 0 Å². The molecule has 0 heterocycles. The molecule has 2 heteroatoms. The number of rotatable bonds is 3. The summed E-state index contributed by atoms with van der Waals surface area (Å²) in [7, 11) is 1.19. The molecule has 0 saturated heterocycles. The molecule has 0 spiro atoms. The van der Waals surface area contributed by atoms with Crippen LogP contribution in [-0.2, 0) is 6.42 Å². The highest BCUT2D eigenvalue weighted by atomic mass is 127. The third-order valence-electron chi connectivity index (χ3n) is 2.66. The molecular weight excluding hydrogens is 287 g/mol. The molecule has 0 amide bonds. The van der Waals surface area contributed by atoms with E-state index in [4.69, 9.17) is 0 Å². The maximum Gasteiger partial charge on any atom is 0.0388 e. The van der Waals surface area contributed by atoms with E-state index >= 15 is 0 Å². The van der Waals surface area contributed by atoms with Crippen molar-refractivity contribution < 1.29 is 0 Å². The van der Waals surface area contributed by atoms with Crippen LogP contribution in [-0.4, -0.2) is 14.7 Å². The SMILES string of the molecule is Cc1ccc([SiH3])c(CCCI)c1C. The Balaban J connectivity index is 2.96. The van der Waals surface area contributed by atoms with Crippen molar-refractivity contribution in [2.75, 3.05) is 4.43 Å². The molecule has 0 aromatic heterocycles. The van der Waals surface area contributed by atoms with Gasteiger partial charge in [-0.15, -0.1) is 0 Å². The van der Waals surface area contributed by atoms with Crippen LogP contribution in [0.1, 0.15) is 23.1 Å². The van der Waals surface area contributed by atoms with Crippen molar-refractivity contribution in [1.29, 1.82) is 0 Å². The van der Waals surface area contributed by atoms with E-state index in [0.29, 0.717) is 0 Å². The molecule has 0 unspecified atom stereocenters. The van der Waals surface area contributed by atoms with Crippen molar-refractivity contribution >= 4 is 38.0 Å². The summed E-state index contributed by atoms with van der Waals surface area (Å²) in [5, 5.41) is 1.59. The van der Waals surface area contributed by atoms with Crippen LogP contribution in [0, 0.1) is 13.8 Å². The van der Waals surface area contributed by atoms with Crippen LogP contribution in [0.2, 0.25) is 0 Å². The first-order valence-corrected chi connectivity index (χ1v) is 7.31. The molecule has 0 radical (unpaired) electrons. The quantitative estimate of drug-likeness (QED) is 0.453. The van der Waals surface area contributed by atoms with Gasteiger partial charge in [0, 0.05) is 10.2 Å². The number of halogens is 1. The maximum atomic E-state index is 2.46. The summed E-state index contributed by atoms with van der Waals surface area (Å²) in [6, 6.07) is 4.56. The lowest BCUT2D eigenvalue weighted by Gasteiger charge is -2.11. The molecular formula is C11H17ISi. The van der Waals surface area contributed by atoms with Gasteiger partial charge >= 0.3 is 0 Å². The molecule has 13 heavy (non-hydrogen) atoms. The summed E-state index contributed by atoms with van der Waals surface area (Å²) in [6.45, 7) is 4.48. The first-order valence-electron chi connectivity index (χ1n) is 4.78. The molecule has 0 saturated carbocycles. The zero-order valence-electron chi connectivity index (χ0n) is 8.65. The lowest BCUT2D eigenvalue weighted by molar-refractivity contribution is 0.938. The zero-order valence-corrected chi connectivity index (χ0v) is 12.8. The third kappa shape index (κ3) is 2.81. The minimum absolute atomic E-state index is 1.19. The summed E-state index contributed by atoms with van der Waals surface area (Å²) >= 11 is 2.46. The molecule has 0 fully saturated rings. The summed E-state index contributed by atoms with van der Waals surface area (Å²) in [6.07, 6.45) is 2.59. The van der Waals surface area contributed by atoms with Crippen LogP contribution in [0.15, 0.2) is 12.1 Å². The van der Waals surface area contributed by atoms with Gasteiger partial charge in [-0.05, 0) is 47.8 Å². The number of alkyl halides is 1. The smallest absolute Gasteiger partial charge is 0.0388 e. The summed E-state index contributed by atoms with van der Waals surface area (Å²) in [4.78, 5) is 0. The number of aryl methyl sites for hydroxylation is 1. The van der Waals surface area contributed by atoms with Gasteiger partial charge in [0.25, 0.3) is 0 Å². The van der Waals surface area contributed by atoms with E-state index in [1.165, 1.54) is 38.6 Å². The van der Waals surface area contributed by atoms with Crippen LogP contribution < -0.4 is 5.19 Å². The van der Waals surface area contributed by atoms with Crippen LogP contribution in [0.3, 0.4) is 0 Å². The minimum atomic E-state index is 1.19. The van der Waals surface area contributed by atoms with Crippen LogP contribution >= 0.6 is 22.6 Å². The minimum Gasteiger partial charge on any atom is -0.0864 e. The molecule has 72 valence electrons. The molecule has 0 aliphatic heterocycles. The second-order valence-corrected chi connectivity index (χ2v) is 5.75.